The molecular formula is C26H20Li2. The Morgan fingerprint density at radius 1 is 0.286 bits per heavy atom. The van der Waals surface area contributed by atoms with Gasteiger partial charge in [0.25, 0.3) is 0 Å². The summed E-state index contributed by atoms with van der Waals surface area (Å²) in [5.41, 5.74) is 4.89. The molecule has 0 aromatic heterocycles. The van der Waals surface area contributed by atoms with Crippen LogP contribution in [-0.4, -0.2) is 0 Å². The summed E-state index contributed by atoms with van der Waals surface area (Å²) < 4.78 is 0. The molecule has 0 aliphatic carbocycles. The van der Waals surface area contributed by atoms with E-state index >= 15 is 0 Å². The average molecular weight is 346 g/mol. The van der Waals surface area contributed by atoms with E-state index in [1.165, 1.54) is 34.1 Å². The van der Waals surface area contributed by atoms with Gasteiger partial charge in [0.1, 0.15) is 0 Å². The van der Waals surface area contributed by atoms with Crippen molar-refractivity contribution in [3.8, 4) is 0 Å². The van der Waals surface area contributed by atoms with Crippen molar-refractivity contribution in [1.82, 2.24) is 0 Å². The molecule has 0 saturated heterocycles. The molecule has 4 aromatic rings. The third-order valence-corrected chi connectivity index (χ3v) is 4.50. The van der Waals surface area contributed by atoms with Crippen molar-refractivity contribution in [2.45, 2.75) is 0 Å². The maximum absolute atomic E-state index is 2.19. The molecule has 4 aromatic carbocycles. The third kappa shape index (κ3) is 5.00. The van der Waals surface area contributed by atoms with Gasteiger partial charge in [-0.3, -0.25) is 0 Å². The summed E-state index contributed by atoms with van der Waals surface area (Å²) in [4.78, 5) is 0. The molecule has 0 N–H and O–H groups in total. The quantitative estimate of drug-likeness (QED) is 0.361. The first-order chi connectivity index (χ1) is 12.9. The van der Waals surface area contributed by atoms with Gasteiger partial charge in [-0.25, -0.2) is 0 Å². The van der Waals surface area contributed by atoms with Gasteiger partial charge in [0.2, 0.25) is 0 Å². The summed E-state index contributed by atoms with van der Waals surface area (Å²) in [6.45, 7) is 0. The molecule has 0 saturated carbocycles. The predicted octanol–water partition coefficient (Wildman–Crippen LogP) is 0.337. The largest absolute Gasteiger partial charge is 1.00 e. The Hall–Kier alpha value is -2.19. The van der Waals surface area contributed by atoms with Crippen molar-refractivity contribution in [3.63, 3.8) is 0 Å². The normalized spacial score (nSPS) is 9.57. The molecule has 28 heavy (non-hydrogen) atoms. The SMILES string of the molecule is [Li+].[Li+].c1ccc([C-](c2ccccc2)[C-](c2ccccc2)c2ccccc2)cc1. The fourth-order valence-corrected chi connectivity index (χ4v) is 3.33. The van der Waals surface area contributed by atoms with Gasteiger partial charge >= 0.3 is 37.7 Å². The Labute approximate surface area is 192 Å². The Morgan fingerprint density at radius 3 is 0.643 bits per heavy atom. The van der Waals surface area contributed by atoms with Crippen molar-refractivity contribution in [2.75, 3.05) is 0 Å². The van der Waals surface area contributed by atoms with Crippen LogP contribution in [0, 0.1) is 11.8 Å². The van der Waals surface area contributed by atoms with Gasteiger partial charge in [0, 0.05) is 0 Å². The Bertz CT molecular complexity index is 763. The zero-order valence-corrected chi connectivity index (χ0v) is 16.5. The van der Waals surface area contributed by atoms with E-state index in [1.807, 2.05) is 0 Å². The molecule has 0 heterocycles. The molecular weight excluding hydrogens is 326 g/mol. The summed E-state index contributed by atoms with van der Waals surface area (Å²) in [7, 11) is 0. The van der Waals surface area contributed by atoms with Crippen LogP contribution in [0.2, 0.25) is 0 Å². The van der Waals surface area contributed by atoms with Crippen LogP contribution in [-0.2, 0) is 0 Å². The molecule has 0 spiro atoms. The molecule has 0 atom stereocenters. The molecule has 0 fully saturated rings. The molecule has 0 nitrogen and oxygen atoms in total. The molecule has 0 amide bonds. The van der Waals surface area contributed by atoms with Gasteiger partial charge in [-0.05, 0) is 0 Å². The van der Waals surface area contributed by atoms with E-state index in [0.29, 0.717) is 0 Å². The fraction of sp³-hybridized carbons (Fsp3) is 0. The van der Waals surface area contributed by atoms with Crippen molar-refractivity contribution in [3.05, 3.63) is 155 Å². The number of hydrogen-bond donors (Lipinski definition) is 0. The summed E-state index contributed by atoms with van der Waals surface area (Å²) in [6, 6.07) is 42.6. The van der Waals surface area contributed by atoms with Crippen LogP contribution >= 0.6 is 0 Å². The second kappa shape index (κ2) is 11.0. The zero-order chi connectivity index (χ0) is 17.6. The monoisotopic (exact) mass is 346 g/mol. The summed E-state index contributed by atoms with van der Waals surface area (Å²) in [5, 5.41) is 0. The molecule has 4 rings (SSSR count). The van der Waals surface area contributed by atoms with Crippen LogP contribution in [0.3, 0.4) is 0 Å². The minimum Gasteiger partial charge on any atom is -0.123 e. The minimum absolute atomic E-state index is 0. The van der Waals surface area contributed by atoms with E-state index in [4.69, 9.17) is 0 Å². The van der Waals surface area contributed by atoms with E-state index in [0.717, 1.165) is 0 Å². The van der Waals surface area contributed by atoms with Crippen LogP contribution < -0.4 is 37.7 Å². The van der Waals surface area contributed by atoms with Gasteiger partial charge < -0.3 is 0 Å². The van der Waals surface area contributed by atoms with Crippen molar-refractivity contribution in [1.29, 1.82) is 0 Å². The average Bonchev–Trinajstić information content (AvgIpc) is 2.74. The number of rotatable bonds is 5. The summed E-state index contributed by atoms with van der Waals surface area (Å²) >= 11 is 0. The van der Waals surface area contributed by atoms with Crippen LogP contribution in [0.25, 0.3) is 0 Å². The molecule has 2 heteroatoms. The standard InChI is InChI=1S/C26H20.2Li/c1-5-13-21(14-6-1)25(22-15-7-2-8-16-22)26(23-17-9-3-10-18-23)24-19-11-4-12-20-24;;/h1-20H;;/q-2;2*+1. The first-order valence-corrected chi connectivity index (χ1v) is 8.89. The molecule has 0 aliphatic rings. The maximum Gasteiger partial charge on any atom is 1.00 e. The smallest absolute Gasteiger partial charge is 0.123 e. The van der Waals surface area contributed by atoms with E-state index in [-0.39, 0.29) is 37.7 Å². The van der Waals surface area contributed by atoms with Gasteiger partial charge in [-0.2, -0.15) is 0 Å². The zero-order valence-electron chi connectivity index (χ0n) is 16.5. The van der Waals surface area contributed by atoms with Crippen LogP contribution in [0.4, 0.5) is 0 Å². The van der Waals surface area contributed by atoms with Gasteiger partial charge in [-0.1, -0.05) is 72.8 Å². The summed E-state index contributed by atoms with van der Waals surface area (Å²) in [5.74, 6) is 2.51. The van der Waals surface area contributed by atoms with Crippen molar-refractivity contribution < 1.29 is 37.7 Å². The topological polar surface area (TPSA) is 0 Å². The number of benzene rings is 4. The van der Waals surface area contributed by atoms with Crippen molar-refractivity contribution >= 4 is 0 Å². The second-order valence-corrected chi connectivity index (χ2v) is 6.21. The van der Waals surface area contributed by atoms with Crippen LogP contribution in [0.1, 0.15) is 22.3 Å². The second-order valence-electron chi connectivity index (χ2n) is 6.21. The first-order valence-electron chi connectivity index (χ1n) is 8.89. The Balaban J connectivity index is 0.00000140. The molecule has 0 unspecified atom stereocenters. The van der Waals surface area contributed by atoms with E-state index in [2.05, 4.69) is 121 Å². The van der Waals surface area contributed by atoms with E-state index < -0.39 is 0 Å². The van der Waals surface area contributed by atoms with Gasteiger partial charge in [0.15, 0.2) is 0 Å². The van der Waals surface area contributed by atoms with E-state index in [1.54, 1.807) is 0 Å². The molecule has 0 radical (unpaired) electrons. The molecule has 0 aliphatic heterocycles. The van der Waals surface area contributed by atoms with E-state index in [9.17, 15) is 0 Å². The minimum atomic E-state index is 0. The first kappa shape index (κ1) is 22.1. The van der Waals surface area contributed by atoms with Gasteiger partial charge in [0.05, 0.1) is 0 Å². The van der Waals surface area contributed by atoms with Crippen LogP contribution in [0.5, 0.6) is 0 Å². The van der Waals surface area contributed by atoms with Crippen molar-refractivity contribution in [2.24, 2.45) is 0 Å². The fourth-order valence-electron chi connectivity index (χ4n) is 3.33. The van der Waals surface area contributed by atoms with Crippen LogP contribution in [0.15, 0.2) is 121 Å². The Kier molecular flexibility index (Phi) is 8.66. The maximum atomic E-state index is 2.19. The molecule has 126 valence electrons. The van der Waals surface area contributed by atoms with Gasteiger partial charge in [-0.15, -0.1) is 82.6 Å². The molecule has 0 bridgehead atoms. The third-order valence-electron chi connectivity index (χ3n) is 4.50. The number of hydrogen-bond acceptors (Lipinski definition) is 0. The summed E-state index contributed by atoms with van der Waals surface area (Å²) in [6.07, 6.45) is 0. The Morgan fingerprint density at radius 2 is 0.464 bits per heavy atom. The predicted molar refractivity (Wildman–Crippen MR) is 109 cm³/mol.